The molecule has 1 N–H and O–H groups in total. The molecule has 0 aliphatic heterocycles. The van der Waals surface area contributed by atoms with Crippen molar-refractivity contribution >= 4 is 28.5 Å². The average molecular weight is 292 g/mol. The van der Waals surface area contributed by atoms with Crippen molar-refractivity contribution in [1.29, 1.82) is 0 Å². The summed E-state index contributed by atoms with van der Waals surface area (Å²) in [6.45, 7) is 7.60. The lowest BCUT2D eigenvalue weighted by Crippen LogP contribution is -2.12. The van der Waals surface area contributed by atoms with Gasteiger partial charge in [-0.15, -0.1) is 0 Å². The van der Waals surface area contributed by atoms with Gasteiger partial charge in [0.05, 0.1) is 11.4 Å². The summed E-state index contributed by atoms with van der Waals surface area (Å²) in [6.07, 6.45) is 0.781. The van der Waals surface area contributed by atoms with E-state index in [2.05, 4.69) is 4.98 Å². The average Bonchev–Trinajstić information content (AvgIpc) is 2.42. The van der Waals surface area contributed by atoms with E-state index in [-0.39, 0.29) is 0 Å². The van der Waals surface area contributed by atoms with Crippen molar-refractivity contribution < 1.29 is 9.90 Å². The quantitative estimate of drug-likeness (QED) is 0.919. The minimum absolute atomic E-state index is 0.581. The maximum atomic E-state index is 11.4. The molecule has 0 saturated carbocycles. The second-order valence-corrected chi connectivity index (χ2v) is 5.48. The zero-order valence-corrected chi connectivity index (χ0v) is 12.9. The molecular formula is C16H18ClNO2. The minimum Gasteiger partial charge on any atom is -0.481 e. The summed E-state index contributed by atoms with van der Waals surface area (Å²) in [7, 11) is 0. The van der Waals surface area contributed by atoms with Gasteiger partial charge in [-0.25, -0.2) is 0 Å². The van der Waals surface area contributed by atoms with Gasteiger partial charge in [0.25, 0.3) is 0 Å². The van der Waals surface area contributed by atoms with Crippen LogP contribution in [0.1, 0.15) is 42.1 Å². The van der Waals surface area contributed by atoms with Crippen molar-refractivity contribution in [3.63, 3.8) is 0 Å². The maximum Gasteiger partial charge on any atom is 0.310 e. The Bertz CT molecular complexity index is 695. The van der Waals surface area contributed by atoms with Gasteiger partial charge in [-0.2, -0.15) is 0 Å². The second-order valence-electron chi connectivity index (χ2n) is 5.08. The zero-order chi connectivity index (χ0) is 15.0. The van der Waals surface area contributed by atoms with Crippen LogP contribution < -0.4 is 0 Å². The van der Waals surface area contributed by atoms with Gasteiger partial charge in [0.15, 0.2) is 0 Å². The molecule has 1 aromatic carbocycles. The molecule has 1 heterocycles. The van der Waals surface area contributed by atoms with Gasteiger partial charge >= 0.3 is 5.97 Å². The molecule has 0 aliphatic carbocycles. The van der Waals surface area contributed by atoms with Crippen LogP contribution in [0.3, 0.4) is 0 Å². The first kappa shape index (κ1) is 14.8. The number of aryl methyl sites for hydroxylation is 2. The summed E-state index contributed by atoms with van der Waals surface area (Å²) in [5.41, 5.74) is 4.45. The Labute approximate surface area is 123 Å². The fourth-order valence-corrected chi connectivity index (χ4v) is 2.84. The Morgan fingerprint density at radius 2 is 2.00 bits per heavy atom. The summed E-state index contributed by atoms with van der Waals surface area (Å²) in [5.74, 6) is -1.41. The first-order chi connectivity index (χ1) is 9.38. The largest absolute Gasteiger partial charge is 0.481 e. The van der Waals surface area contributed by atoms with E-state index in [1.807, 2.05) is 32.9 Å². The molecule has 0 saturated heterocycles. The molecule has 0 spiro atoms. The van der Waals surface area contributed by atoms with Crippen LogP contribution in [0.2, 0.25) is 5.02 Å². The predicted molar refractivity (Wildman–Crippen MR) is 81.7 cm³/mol. The summed E-state index contributed by atoms with van der Waals surface area (Å²) in [5, 5.41) is 10.9. The van der Waals surface area contributed by atoms with E-state index in [9.17, 15) is 9.90 Å². The van der Waals surface area contributed by atoms with Crippen LogP contribution in [0.15, 0.2) is 12.1 Å². The van der Waals surface area contributed by atoms with Crippen molar-refractivity contribution in [2.45, 2.75) is 40.0 Å². The lowest BCUT2D eigenvalue weighted by molar-refractivity contribution is -0.138. The Kier molecular flexibility index (Phi) is 4.00. The van der Waals surface area contributed by atoms with Crippen LogP contribution in [-0.4, -0.2) is 16.1 Å². The van der Waals surface area contributed by atoms with Gasteiger partial charge in [-0.1, -0.05) is 18.5 Å². The number of carbonyl (C=O) groups is 1. The number of benzene rings is 1. The first-order valence-electron chi connectivity index (χ1n) is 6.69. The van der Waals surface area contributed by atoms with E-state index in [1.165, 1.54) is 0 Å². The van der Waals surface area contributed by atoms with Crippen LogP contribution in [0.5, 0.6) is 0 Å². The normalized spacial score (nSPS) is 12.7. The number of hydrogen-bond donors (Lipinski definition) is 1. The van der Waals surface area contributed by atoms with Crippen molar-refractivity contribution in [2.24, 2.45) is 0 Å². The highest BCUT2D eigenvalue weighted by atomic mass is 35.5. The minimum atomic E-state index is -0.831. The third-order valence-electron chi connectivity index (χ3n) is 3.88. The molecular weight excluding hydrogens is 274 g/mol. The third-order valence-corrected chi connectivity index (χ3v) is 4.29. The molecule has 106 valence electrons. The van der Waals surface area contributed by atoms with Gasteiger partial charge in [-0.05, 0) is 56.0 Å². The third kappa shape index (κ3) is 2.27. The number of carboxylic acid groups (broad SMARTS) is 1. The fourth-order valence-electron chi connectivity index (χ4n) is 2.69. The van der Waals surface area contributed by atoms with E-state index < -0.39 is 11.9 Å². The van der Waals surface area contributed by atoms with E-state index in [0.717, 1.165) is 39.7 Å². The highest BCUT2D eigenvalue weighted by molar-refractivity contribution is 6.32. The number of rotatable bonds is 3. The summed E-state index contributed by atoms with van der Waals surface area (Å²) in [4.78, 5) is 16.1. The molecule has 0 amide bonds. The summed E-state index contributed by atoms with van der Waals surface area (Å²) < 4.78 is 0. The van der Waals surface area contributed by atoms with Crippen LogP contribution >= 0.6 is 11.6 Å². The van der Waals surface area contributed by atoms with Gasteiger partial charge in [0, 0.05) is 16.1 Å². The number of aliphatic carboxylic acids is 1. The second kappa shape index (κ2) is 5.41. The number of pyridine rings is 1. The summed E-state index contributed by atoms with van der Waals surface area (Å²) >= 11 is 6.19. The molecule has 20 heavy (non-hydrogen) atoms. The number of hydrogen-bond acceptors (Lipinski definition) is 2. The number of halogens is 1. The lowest BCUT2D eigenvalue weighted by Gasteiger charge is -2.18. The Balaban J connectivity index is 2.96. The van der Waals surface area contributed by atoms with Crippen LogP contribution in [-0.2, 0) is 11.2 Å². The SMILES string of the molecule is CCc1nc2ccc(Cl)c(C)c2c(C(C)C(=O)O)c1C. The molecule has 0 radical (unpaired) electrons. The van der Waals surface area contributed by atoms with Crippen molar-refractivity contribution in [1.82, 2.24) is 4.98 Å². The predicted octanol–water partition coefficient (Wildman–Crippen LogP) is 4.26. The molecule has 4 heteroatoms. The van der Waals surface area contributed by atoms with Crippen molar-refractivity contribution in [3.8, 4) is 0 Å². The van der Waals surface area contributed by atoms with Crippen LogP contribution in [0.25, 0.3) is 10.9 Å². The molecule has 0 bridgehead atoms. The molecule has 0 aliphatic rings. The fraction of sp³-hybridized carbons (Fsp3) is 0.375. The highest BCUT2D eigenvalue weighted by Gasteiger charge is 2.23. The number of nitrogens with zero attached hydrogens (tertiary/aromatic N) is 1. The number of carboxylic acids is 1. The Morgan fingerprint density at radius 1 is 1.35 bits per heavy atom. The van der Waals surface area contributed by atoms with E-state index in [4.69, 9.17) is 11.6 Å². The smallest absolute Gasteiger partial charge is 0.310 e. The van der Waals surface area contributed by atoms with Gasteiger partial charge in [0.1, 0.15) is 0 Å². The van der Waals surface area contributed by atoms with Gasteiger partial charge in [-0.3, -0.25) is 9.78 Å². The van der Waals surface area contributed by atoms with E-state index in [1.54, 1.807) is 6.92 Å². The topological polar surface area (TPSA) is 50.2 Å². The molecule has 1 unspecified atom stereocenters. The Morgan fingerprint density at radius 3 is 2.55 bits per heavy atom. The molecule has 0 fully saturated rings. The van der Waals surface area contributed by atoms with Crippen molar-refractivity contribution in [2.75, 3.05) is 0 Å². The van der Waals surface area contributed by atoms with Crippen LogP contribution in [0.4, 0.5) is 0 Å². The number of fused-ring (bicyclic) bond motifs is 1. The van der Waals surface area contributed by atoms with Crippen molar-refractivity contribution in [3.05, 3.63) is 39.5 Å². The molecule has 2 aromatic rings. The van der Waals surface area contributed by atoms with Gasteiger partial charge in [0.2, 0.25) is 0 Å². The van der Waals surface area contributed by atoms with E-state index in [0.29, 0.717) is 5.02 Å². The standard InChI is InChI=1S/C16H18ClNO2/c1-5-12-9(3)14(10(4)16(19)20)15-8(2)11(17)6-7-13(15)18-12/h6-7,10H,5H2,1-4H3,(H,19,20). The highest BCUT2D eigenvalue weighted by Crippen LogP contribution is 2.34. The molecule has 1 atom stereocenters. The summed E-state index contributed by atoms with van der Waals surface area (Å²) in [6, 6.07) is 3.68. The van der Waals surface area contributed by atoms with Gasteiger partial charge < -0.3 is 5.11 Å². The maximum absolute atomic E-state index is 11.4. The first-order valence-corrected chi connectivity index (χ1v) is 7.07. The van der Waals surface area contributed by atoms with Crippen LogP contribution in [0, 0.1) is 13.8 Å². The van der Waals surface area contributed by atoms with E-state index >= 15 is 0 Å². The molecule has 2 rings (SSSR count). The lowest BCUT2D eigenvalue weighted by atomic mass is 9.89. The zero-order valence-electron chi connectivity index (χ0n) is 12.1. The number of aromatic nitrogens is 1. The monoisotopic (exact) mass is 291 g/mol. The Hall–Kier alpha value is -1.61. The molecule has 3 nitrogen and oxygen atoms in total. The molecule has 1 aromatic heterocycles.